The van der Waals surface area contributed by atoms with Gasteiger partial charge in [0.1, 0.15) is 6.54 Å². The van der Waals surface area contributed by atoms with Crippen molar-refractivity contribution in [3.8, 4) is 0 Å². The molecule has 2 aromatic rings. The normalized spacial score (nSPS) is 14.4. The van der Waals surface area contributed by atoms with Crippen LogP contribution in [-0.2, 0) is 4.79 Å². The fourth-order valence-corrected chi connectivity index (χ4v) is 2.46. The quantitative estimate of drug-likeness (QED) is 0.903. The van der Waals surface area contributed by atoms with Gasteiger partial charge in [-0.15, -0.1) is 5.10 Å². The Balaban J connectivity index is 2.04. The van der Waals surface area contributed by atoms with Crippen LogP contribution in [0.1, 0.15) is 18.5 Å². The van der Waals surface area contributed by atoms with Crippen LogP contribution in [0.25, 0.3) is 10.8 Å². The highest BCUT2D eigenvalue weighted by molar-refractivity contribution is 5.94. The number of carboxylic acids is 1. The van der Waals surface area contributed by atoms with Crippen LogP contribution in [0.3, 0.4) is 0 Å². The van der Waals surface area contributed by atoms with Gasteiger partial charge in [-0.05, 0) is 25.7 Å². The summed E-state index contributed by atoms with van der Waals surface area (Å²) in [5.41, 5.74) is 0.867. The molecule has 0 radical (unpaired) electrons. The van der Waals surface area contributed by atoms with E-state index in [9.17, 15) is 4.79 Å². The Hall–Kier alpha value is -2.17. The van der Waals surface area contributed by atoms with Crippen LogP contribution >= 0.6 is 0 Å². The summed E-state index contributed by atoms with van der Waals surface area (Å²) in [4.78, 5) is 12.9. The maximum Gasteiger partial charge on any atom is 0.323 e. The zero-order valence-corrected chi connectivity index (χ0v) is 11.4. The number of anilines is 1. The predicted octanol–water partition coefficient (Wildman–Crippen LogP) is 2.24. The summed E-state index contributed by atoms with van der Waals surface area (Å²) in [7, 11) is 0. The van der Waals surface area contributed by atoms with Crippen molar-refractivity contribution < 1.29 is 9.90 Å². The molecule has 0 bridgehead atoms. The van der Waals surface area contributed by atoms with Gasteiger partial charge in [-0.2, -0.15) is 5.10 Å². The summed E-state index contributed by atoms with van der Waals surface area (Å²) < 4.78 is 0. The molecule has 20 heavy (non-hydrogen) atoms. The molecule has 1 saturated carbocycles. The Morgan fingerprint density at radius 2 is 2.00 bits per heavy atom. The zero-order chi connectivity index (χ0) is 14.1. The van der Waals surface area contributed by atoms with Crippen molar-refractivity contribution in [3.63, 3.8) is 0 Å². The highest BCUT2D eigenvalue weighted by Crippen LogP contribution is 2.33. The smallest absolute Gasteiger partial charge is 0.323 e. The minimum Gasteiger partial charge on any atom is -0.480 e. The van der Waals surface area contributed by atoms with Gasteiger partial charge in [0.15, 0.2) is 5.82 Å². The lowest BCUT2D eigenvalue weighted by atomic mass is 10.1. The molecule has 5 heteroatoms. The molecule has 1 aliphatic carbocycles. The zero-order valence-electron chi connectivity index (χ0n) is 11.4. The van der Waals surface area contributed by atoms with E-state index in [4.69, 9.17) is 5.11 Å². The minimum absolute atomic E-state index is 0.0295. The van der Waals surface area contributed by atoms with Gasteiger partial charge in [0, 0.05) is 17.3 Å². The lowest BCUT2D eigenvalue weighted by Crippen LogP contribution is -2.32. The summed E-state index contributed by atoms with van der Waals surface area (Å²) in [6.45, 7) is 2.63. The molecule has 0 aliphatic heterocycles. The number of hydrogen-bond donors (Lipinski definition) is 1. The third kappa shape index (κ3) is 2.57. The second-order valence-corrected chi connectivity index (χ2v) is 5.37. The van der Waals surface area contributed by atoms with E-state index in [0.29, 0.717) is 11.7 Å². The van der Waals surface area contributed by atoms with E-state index in [1.165, 1.54) is 12.8 Å². The van der Waals surface area contributed by atoms with E-state index in [1.807, 2.05) is 36.1 Å². The average Bonchev–Trinajstić information content (AvgIpc) is 3.22. The first kappa shape index (κ1) is 12.8. The van der Waals surface area contributed by atoms with E-state index in [1.54, 1.807) is 0 Å². The van der Waals surface area contributed by atoms with Crippen LogP contribution < -0.4 is 4.90 Å². The molecule has 1 aliphatic rings. The number of rotatable bonds is 5. The average molecular weight is 271 g/mol. The molecule has 1 heterocycles. The number of benzene rings is 1. The summed E-state index contributed by atoms with van der Waals surface area (Å²) >= 11 is 0. The number of carbonyl (C=O) groups is 1. The number of aryl methyl sites for hydroxylation is 1. The van der Waals surface area contributed by atoms with Gasteiger partial charge in [-0.1, -0.05) is 24.3 Å². The van der Waals surface area contributed by atoms with Crippen molar-refractivity contribution in [1.29, 1.82) is 0 Å². The molecule has 0 spiro atoms. The number of aromatic nitrogens is 2. The fraction of sp³-hybridized carbons (Fsp3) is 0.400. The molecule has 1 fully saturated rings. The third-order valence-corrected chi connectivity index (χ3v) is 3.65. The number of carboxylic acid groups (broad SMARTS) is 1. The highest BCUT2D eigenvalue weighted by atomic mass is 16.4. The molecule has 1 N–H and O–H groups in total. The minimum atomic E-state index is -0.836. The molecule has 0 amide bonds. The van der Waals surface area contributed by atoms with Crippen LogP contribution in [-0.4, -0.2) is 34.4 Å². The molecule has 0 atom stereocenters. The van der Waals surface area contributed by atoms with Crippen molar-refractivity contribution >= 4 is 22.6 Å². The summed E-state index contributed by atoms with van der Waals surface area (Å²) in [6.07, 6.45) is 2.35. The monoisotopic (exact) mass is 271 g/mol. The summed E-state index contributed by atoms with van der Waals surface area (Å²) in [5.74, 6) is 0.439. The van der Waals surface area contributed by atoms with Gasteiger partial charge >= 0.3 is 5.97 Å². The van der Waals surface area contributed by atoms with Crippen molar-refractivity contribution in [1.82, 2.24) is 10.2 Å². The largest absolute Gasteiger partial charge is 0.480 e. The molecule has 1 aromatic heterocycles. The third-order valence-electron chi connectivity index (χ3n) is 3.65. The number of fused-ring (bicyclic) bond motifs is 1. The first-order valence-corrected chi connectivity index (χ1v) is 6.84. The van der Waals surface area contributed by atoms with Crippen LogP contribution in [0.4, 0.5) is 5.82 Å². The lowest BCUT2D eigenvalue weighted by Gasteiger charge is -2.22. The fourth-order valence-electron chi connectivity index (χ4n) is 2.46. The van der Waals surface area contributed by atoms with Gasteiger partial charge in [-0.25, -0.2) is 0 Å². The highest BCUT2D eigenvalue weighted by Gasteiger charge is 2.27. The molecular formula is C15H17N3O2. The number of hydrogen-bond acceptors (Lipinski definition) is 4. The van der Waals surface area contributed by atoms with E-state index >= 15 is 0 Å². The van der Waals surface area contributed by atoms with Crippen molar-refractivity contribution in [2.75, 3.05) is 18.0 Å². The molecule has 3 rings (SSSR count). The van der Waals surface area contributed by atoms with Crippen LogP contribution in [0, 0.1) is 12.8 Å². The van der Waals surface area contributed by atoms with E-state index < -0.39 is 5.97 Å². The maximum absolute atomic E-state index is 11.1. The van der Waals surface area contributed by atoms with Crippen molar-refractivity contribution in [2.45, 2.75) is 19.8 Å². The number of aliphatic carboxylic acids is 1. The lowest BCUT2D eigenvalue weighted by molar-refractivity contribution is -0.135. The molecule has 0 saturated heterocycles. The Bertz CT molecular complexity index is 653. The Morgan fingerprint density at radius 3 is 2.65 bits per heavy atom. The standard InChI is InChI=1S/C15H17N3O2/c1-10-12-4-2-3-5-13(12)15(17-16-10)18(9-14(19)20)8-11-6-7-11/h2-5,11H,6-9H2,1H3,(H,19,20). The summed E-state index contributed by atoms with van der Waals surface area (Å²) in [6, 6.07) is 7.89. The van der Waals surface area contributed by atoms with Crippen LogP contribution in [0.15, 0.2) is 24.3 Å². The topological polar surface area (TPSA) is 66.3 Å². The van der Waals surface area contributed by atoms with Gasteiger partial charge in [0.2, 0.25) is 0 Å². The van der Waals surface area contributed by atoms with Crippen LogP contribution in [0.2, 0.25) is 0 Å². The van der Waals surface area contributed by atoms with Gasteiger partial charge < -0.3 is 10.0 Å². The van der Waals surface area contributed by atoms with Crippen molar-refractivity contribution in [3.05, 3.63) is 30.0 Å². The second kappa shape index (κ2) is 5.07. The van der Waals surface area contributed by atoms with E-state index in [0.717, 1.165) is 23.0 Å². The summed E-state index contributed by atoms with van der Waals surface area (Å²) in [5, 5.41) is 19.6. The maximum atomic E-state index is 11.1. The first-order valence-electron chi connectivity index (χ1n) is 6.84. The van der Waals surface area contributed by atoms with Crippen LogP contribution in [0.5, 0.6) is 0 Å². The van der Waals surface area contributed by atoms with Gasteiger partial charge in [0.05, 0.1) is 5.69 Å². The van der Waals surface area contributed by atoms with Crippen molar-refractivity contribution in [2.24, 2.45) is 5.92 Å². The SMILES string of the molecule is Cc1nnc(N(CC(=O)O)CC2CC2)c2ccccc12. The molecule has 1 aromatic carbocycles. The molecular weight excluding hydrogens is 254 g/mol. The number of nitrogens with zero attached hydrogens (tertiary/aromatic N) is 3. The molecule has 5 nitrogen and oxygen atoms in total. The Morgan fingerprint density at radius 1 is 1.30 bits per heavy atom. The Kier molecular flexibility index (Phi) is 3.26. The van der Waals surface area contributed by atoms with E-state index in [2.05, 4.69) is 10.2 Å². The van der Waals surface area contributed by atoms with Gasteiger partial charge in [0.25, 0.3) is 0 Å². The van der Waals surface area contributed by atoms with Gasteiger partial charge in [-0.3, -0.25) is 4.79 Å². The first-order chi connectivity index (χ1) is 9.65. The van der Waals surface area contributed by atoms with E-state index in [-0.39, 0.29) is 6.54 Å². The molecule has 104 valence electrons. The Labute approximate surface area is 117 Å². The molecule has 0 unspecified atom stereocenters. The predicted molar refractivity (Wildman–Crippen MR) is 76.8 cm³/mol. The second-order valence-electron chi connectivity index (χ2n) is 5.37.